The third-order valence-electron chi connectivity index (χ3n) is 13.7. The topological polar surface area (TPSA) is 126 Å². The standard InChI is InChI=1S/C50H76N2O11/c1-12-21-48(53,22-40-28-58-49(60-40)30-44(4,5)51(45(6,7)31-49)62-34(2)36-13-17-38(18-14-36)54-24-42-26-56-42)23-41-29-59-50(61-41)32-46(8,9)52(47(10,11)33-50)63-35(3)37-15-19-39(20-16-37)55-25-43-27-57-43/h13-20,34-35,40-43,53H,12,21-33H2,1-11H3. The van der Waals surface area contributed by atoms with E-state index in [0.29, 0.717) is 71.4 Å². The molecular formula is C50H76N2O11. The van der Waals surface area contributed by atoms with E-state index < -0.39 is 39.3 Å². The van der Waals surface area contributed by atoms with E-state index in [1.54, 1.807) is 0 Å². The van der Waals surface area contributed by atoms with Crippen LogP contribution in [0.25, 0.3) is 0 Å². The lowest BCUT2D eigenvalue weighted by Gasteiger charge is -2.56. The molecule has 2 aromatic carbocycles. The van der Waals surface area contributed by atoms with Crippen molar-refractivity contribution in [3.8, 4) is 11.5 Å². The van der Waals surface area contributed by atoms with E-state index in [0.717, 1.165) is 42.3 Å². The van der Waals surface area contributed by atoms with Gasteiger partial charge in [-0.25, -0.2) is 0 Å². The maximum atomic E-state index is 12.4. The smallest absolute Gasteiger partial charge is 0.172 e. The fourth-order valence-corrected chi connectivity index (χ4v) is 11.5. The van der Waals surface area contributed by atoms with Crippen molar-refractivity contribution in [2.45, 2.75) is 203 Å². The number of hydrogen-bond acceptors (Lipinski definition) is 13. The van der Waals surface area contributed by atoms with Gasteiger partial charge in [0.25, 0.3) is 0 Å². The van der Waals surface area contributed by atoms with Crippen LogP contribution in [0.5, 0.6) is 11.5 Å². The molecular weight excluding hydrogens is 805 g/mol. The Kier molecular flexibility index (Phi) is 13.2. The van der Waals surface area contributed by atoms with Crippen LogP contribution in [0.15, 0.2) is 48.5 Å². The first-order valence-corrected chi connectivity index (χ1v) is 23.6. The maximum absolute atomic E-state index is 12.4. The zero-order chi connectivity index (χ0) is 45.1. The van der Waals surface area contributed by atoms with E-state index in [1.165, 1.54) is 0 Å². The Morgan fingerprint density at radius 2 is 0.937 bits per heavy atom. The first-order valence-electron chi connectivity index (χ1n) is 23.6. The highest BCUT2D eigenvalue weighted by molar-refractivity contribution is 5.29. The number of epoxide rings is 2. The Labute approximate surface area is 376 Å². The summed E-state index contributed by atoms with van der Waals surface area (Å²) in [4.78, 5) is 13.6. The fraction of sp³-hybridized carbons (Fsp3) is 0.760. The van der Waals surface area contributed by atoms with Crippen LogP contribution >= 0.6 is 0 Å². The third kappa shape index (κ3) is 11.1. The van der Waals surface area contributed by atoms with Gasteiger partial charge < -0.3 is 43.0 Å². The molecule has 6 saturated heterocycles. The zero-order valence-corrected chi connectivity index (χ0v) is 39.9. The van der Waals surface area contributed by atoms with Gasteiger partial charge in [0.2, 0.25) is 0 Å². The minimum absolute atomic E-state index is 0.175. The van der Waals surface area contributed by atoms with Gasteiger partial charge in [-0.1, -0.05) is 37.6 Å². The van der Waals surface area contributed by atoms with Crippen molar-refractivity contribution in [2.75, 3.05) is 39.6 Å². The van der Waals surface area contributed by atoms with Crippen molar-refractivity contribution in [1.29, 1.82) is 0 Å². The molecule has 1 N–H and O–H groups in total. The molecule has 0 aromatic heterocycles. The van der Waals surface area contributed by atoms with E-state index >= 15 is 0 Å². The van der Waals surface area contributed by atoms with Gasteiger partial charge in [-0.15, -0.1) is 0 Å². The van der Waals surface area contributed by atoms with Gasteiger partial charge in [0, 0.05) is 60.7 Å². The van der Waals surface area contributed by atoms with Gasteiger partial charge in [0.15, 0.2) is 11.6 Å². The number of aliphatic hydroxyl groups is 1. The Bertz CT molecular complexity index is 1680. The number of rotatable bonds is 18. The molecule has 6 unspecified atom stereocenters. The SMILES string of the molecule is CCCC(O)(CC1COC2(CC(C)(C)N(OC(C)c3ccc(OCC4CO4)cc3)C(C)(C)C2)O1)CC1COC2(CC(C)(C)N(OC(C)c3ccc(OCC4CO4)cc3)C(C)(C)C2)O1. The summed E-state index contributed by atoms with van der Waals surface area (Å²) in [7, 11) is 0. The minimum atomic E-state index is -1.01. The minimum Gasteiger partial charge on any atom is -0.491 e. The fourth-order valence-electron chi connectivity index (χ4n) is 11.5. The average Bonchev–Trinajstić information content (AvgIpc) is 4.13. The molecule has 13 heteroatoms. The lowest BCUT2D eigenvalue weighted by atomic mass is 9.78. The van der Waals surface area contributed by atoms with Crippen LogP contribution in [0.3, 0.4) is 0 Å². The summed E-state index contributed by atoms with van der Waals surface area (Å²) < 4.78 is 49.4. The molecule has 63 heavy (non-hydrogen) atoms. The number of ether oxygens (including phenoxy) is 8. The Hall–Kier alpha value is -2.40. The van der Waals surface area contributed by atoms with Gasteiger partial charge in [-0.05, 0) is 111 Å². The van der Waals surface area contributed by atoms with E-state index in [9.17, 15) is 5.11 Å². The molecule has 0 aliphatic carbocycles. The lowest BCUT2D eigenvalue weighted by Crippen LogP contribution is -2.65. The summed E-state index contributed by atoms with van der Waals surface area (Å²) >= 11 is 0. The highest BCUT2D eigenvalue weighted by Crippen LogP contribution is 2.52. The molecule has 6 fully saturated rings. The molecule has 0 amide bonds. The molecule has 0 bridgehead atoms. The molecule has 13 nitrogen and oxygen atoms in total. The first kappa shape index (κ1) is 47.1. The molecule has 352 valence electrons. The van der Waals surface area contributed by atoms with E-state index in [2.05, 4.69) is 111 Å². The molecule has 6 aliphatic rings. The molecule has 8 rings (SSSR count). The highest BCUT2D eigenvalue weighted by atomic mass is 16.8. The van der Waals surface area contributed by atoms with E-state index in [1.807, 2.05) is 24.3 Å². The van der Waals surface area contributed by atoms with Crippen LogP contribution in [-0.4, -0.2) is 119 Å². The second-order valence-electron chi connectivity index (χ2n) is 22.0. The highest BCUT2D eigenvalue weighted by Gasteiger charge is 2.60. The number of hydrogen-bond donors (Lipinski definition) is 1. The van der Waals surface area contributed by atoms with Crippen LogP contribution in [0.2, 0.25) is 0 Å². The van der Waals surface area contributed by atoms with Crippen LogP contribution in [0.1, 0.15) is 151 Å². The molecule has 2 spiro atoms. The lowest BCUT2D eigenvalue weighted by molar-refractivity contribution is -0.352. The maximum Gasteiger partial charge on any atom is 0.172 e. The van der Waals surface area contributed by atoms with Gasteiger partial charge in [0.1, 0.15) is 49.1 Å². The third-order valence-corrected chi connectivity index (χ3v) is 13.7. The van der Waals surface area contributed by atoms with Crippen molar-refractivity contribution in [1.82, 2.24) is 10.1 Å². The van der Waals surface area contributed by atoms with Crippen LogP contribution in [0, 0.1) is 0 Å². The second kappa shape index (κ2) is 17.7. The second-order valence-corrected chi connectivity index (χ2v) is 22.0. The number of benzene rings is 2. The molecule has 6 atom stereocenters. The molecule has 0 saturated carbocycles. The predicted octanol–water partition coefficient (Wildman–Crippen LogP) is 8.77. The summed E-state index contributed by atoms with van der Waals surface area (Å²) in [6.45, 7) is 27.4. The van der Waals surface area contributed by atoms with Gasteiger partial charge in [-0.2, -0.15) is 10.1 Å². The Balaban J connectivity index is 0.855. The molecule has 6 heterocycles. The van der Waals surface area contributed by atoms with Crippen molar-refractivity contribution in [2.24, 2.45) is 0 Å². The quantitative estimate of drug-likeness (QED) is 0.144. The van der Waals surface area contributed by atoms with Gasteiger partial charge >= 0.3 is 0 Å². The summed E-state index contributed by atoms with van der Waals surface area (Å²) in [5.74, 6) is 0.0840. The largest absolute Gasteiger partial charge is 0.491 e. The summed E-state index contributed by atoms with van der Waals surface area (Å²) in [5.41, 5.74) is -0.502. The number of hydroxylamine groups is 4. The van der Waals surface area contributed by atoms with Crippen molar-refractivity contribution < 1.29 is 52.7 Å². The van der Waals surface area contributed by atoms with Crippen molar-refractivity contribution in [3.05, 3.63) is 59.7 Å². The average molecular weight is 881 g/mol. The monoisotopic (exact) mass is 881 g/mol. The number of piperidine rings is 2. The van der Waals surface area contributed by atoms with Crippen LogP contribution in [-0.2, 0) is 38.1 Å². The molecule has 6 aliphatic heterocycles. The van der Waals surface area contributed by atoms with Crippen molar-refractivity contribution in [3.63, 3.8) is 0 Å². The van der Waals surface area contributed by atoms with Crippen LogP contribution in [0.4, 0.5) is 0 Å². The molecule has 0 radical (unpaired) electrons. The zero-order valence-electron chi connectivity index (χ0n) is 39.9. The molecule has 2 aromatic rings. The Morgan fingerprint density at radius 3 is 1.25 bits per heavy atom. The Morgan fingerprint density at radius 1 is 0.587 bits per heavy atom. The summed E-state index contributed by atoms with van der Waals surface area (Å²) in [6, 6.07) is 16.3. The predicted molar refractivity (Wildman–Crippen MR) is 237 cm³/mol. The first-order chi connectivity index (χ1) is 29.6. The summed E-state index contributed by atoms with van der Waals surface area (Å²) in [5, 5.41) is 16.7. The summed E-state index contributed by atoms with van der Waals surface area (Å²) in [6.07, 6.45) is 4.44. The van der Waals surface area contributed by atoms with Gasteiger partial charge in [0.05, 0.1) is 44.2 Å². The van der Waals surface area contributed by atoms with E-state index in [-0.39, 0.29) is 36.6 Å². The van der Waals surface area contributed by atoms with Crippen molar-refractivity contribution >= 4 is 0 Å². The van der Waals surface area contributed by atoms with Crippen LogP contribution < -0.4 is 9.47 Å². The normalized spacial score (nSPS) is 30.8. The van der Waals surface area contributed by atoms with Gasteiger partial charge in [-0.3, -0.25) is 9.68 Å². The number of nitrogens with zero attached hydrogens (tertiary/aromatic N) is 2. The van der Waals surface area contributed by atoms with E-state index in [4.69, 9.17) is 47.6 Å².